The number of nitrogens with one attached hydrogen (secondary N) is 1. The van der Waals surface area contributed by atoms with Gasteiger partial charge in [-0.2, -0.15) is 0 Å². The van der Waals surface area contributed by atoms with Crippen LogP contribution in [-0.2, 0) is 6.42 Å². The molecule has 18 heavy (non-hydrogen) atoms. The highest BCUT2D eigenvalue weighted by Crippen LogP contribution is 2.29. The van der Waals surface area contributed by atoms with Crippen LogP contribution in [0.5, 0.6) is 0 Å². The molecule has 2 rings (SSSR count). The maximum Gasteiger partial charge on any atom is 0.166 e. The summed E-state index contributed by atoms with van der Waals surface area (Å²) in [4.78, 5) is 4.68. The molecule has 0 aliphatic heterocycles. The summed E-state index contributed by atoms with van der Waals surface area (Å²) in [6, 6.07) is 6.63. The molecule has 0 saturated heterocycles. The molecule has 4 heteroatoms. The highest BCUT2D eigenvalue weighted by molar-refractivity contribution is 7.99. The summed E-state index contributed by atoms with van der Waals surface area (Å²) in [5.41, 5.74) is 2.62. The number of hydrogen-bond donors (Lipinski definition) is 1. The van der Waals surface area contributed by atoms with Crippen LogP contribution in [0.25, 0.3) is 10.2 Å². The van der Waals surface area contributed by atoms with Crippen LogP contribution in [-0.4, -0.2) is 10.5 Å². The van der Waals surface area contributed by atoms with Crippen LogP contribution in [0, 0.1) is 0 Å². The number of benzene rings is 1. The van der Waals surface area contributed by atoms with E-state index < -0.39 is 0 Å². The lowest BCUT2D eigenvalue weighted by Gasteiger charge is -2.17. The van der Waals surface area contributed by atoms with Crippen molar-refractivity contribution in [3.8, 4) is 0 Å². The summed E-state index contributed by atoms with van der Waals surface area (Å²) in [6.45, 7) is 8.69. The van der Waals surface area contributed by atoms with E-state index in [1.54, 1.807) is 23.3 Å². The number of hydrogen-bond acceptors (Lipinski definition) is 4. The molecule has 0 radical (unpaired) electrons. The molecule has 98 valence electrons. The smallest absolute Gasteiger partial charge is 0.166 e. The van der Waals surface area contributed by atoms with Crippen LogP contribution in [0.3, 0.4) is 0 Å². The lowest BCUT2D eigenvalue weighted by atomic mass is 10.1. The number of aryl methyl sites for hydroxylation is 1. The molecule has 0 saturated carbocycles. The Labute approximate surface area is 117 Å². The van der Waals surface area contributed by atoms with Crippen molar-refractivity contribution in [2.45, 2.75) is 50.4 Å². The first-order valence-electron chi connectivity index (χ1n) is 6.31. The Kier molecular flexibility index (Phi) is 4.30. The van der Waals surface area contributed by atoms with Gasteiger partial charge in [0.2, 0.25) is 0 Å². The van der Waals surface area contributed by atoms with Gasteiger partial charge < -0.3 is 0 Å². The fraction of sp³-hybridized carbons (Fsp3) is 0.500. The minimum atomic E-state index is 0.107. The molecule has 1 aromatic carbocycles. The van der Waals surface area contributed by atoms with Crippen molar-refractivity contribution in [1.29, 1.82) is 0 Å². The Balaban J connectivity index is 2.16. The van der Waals surface area contributed by atoms with Crippen molar-refractivity contribution in [2.75, 3.05) is 0 Å². The zero-order valence-corrected chi connectivity index (χ0v) is 13.0. The highest BCUT2D eigenvalue weighted by Gasteiger charge is 2.12. The topological polar surface area (TPSA) is 24.9 Å². The van der Waals surface area contributed by atoms with Crippen LogP contribution in [0.4, 0.5) is 0 Å². The van der Waals surface area contributed by atoms with E-state index in [-0.39, 0.29) is 5.54 Å². The number of nitrogens with zero attached hydrogens (tertiary/aromatic N) is 1. The van der Waals surface area contributed by atoms with Gasteiger partial charge in [-0.05, 0) is 56.8 Å². The van der Waals surface area contributed by atoms with Gasteiger partial charge in [0.05, 0.1) is 10.2 Å². The van der Waals surface area contributed by atoms with Crippen LogP contribution in [0.15, 0.2) is 22.5 Å². The number of thiazole rings is 1. The largest absolute Gasteiger partial charge is 0.253 e. The Morgan fingerprint density at radius 1 is 1.33 bits per heavy atom. The molecule has 2 nitrogen and oxygen atoms in total. The van der Waals surface area contributed by atoms with Gasteiger partial charge in [0.1, 0.15) is 0 Å². The van der Waals surface area contributed by atoms with E-state index in [0.717, 1.165) is 16.3 Å². The third-order valence-electron chi connectivity index (χ3n) is 2.42. The zero-order valence-electron chi connectivity index (χ0n) is 11.4. The fourth-order valence-corrected chi connectivity index (χ4v) is 3.41. The molecule has 0 aliphatic rings. The Hall–Kier alpha value is -0.580. The lowest BCUT2D eigenvalue weighted by molar-refractivity contribution is 0.535. The van der Waals surface area contributed by atoms with Crippen molar-refractivity contribution in [3.63, 3.8) is 0 Å². The molecule has 2 aromatic rings. The minimum Gasteiger partial charge on any atom is -0.253 e. The standard InChI is InChI=1S/C14H20N2S2/c1-5-6-10-7-8-12-11(9-10)15-13(17-12)18-16-14(2,3)4/h7-9,16H,5-6H2,1-4H3. The van der Waals surface area contributed by atoms with Crippen LogP contribution < -0.4 is 4.72 Å². The molecule has 0 aliphatic carbocycles. The second kappa shape index (κ2) is 5.59. The average molecular weight is 280 g/mol. The van der Waals surface area contributed by atoms with E-state index >= 15 is 0 Å². The number of aromatic nitrogens is 1. The summed E-state index contributed by atoms with van der Waals surface area (Å²) < 4.78 is 5.77. The van der Waals surface area contributed by atoms with Crippen LogP contribution in [0.1, 0.15) is 39.7 Å². The third-order valence-corrected chi connectivity index (χ3v) is 4.73. The quantitative estimate of drug-likeness (QED) is 0.826. The van der Waals surface area contributed by atoms with Gasteiger partial charge in [-0.25, -0.2) is 4.98 Å². The predicted octanol–water partition coefficient (Wildman–Crippen LogP) is 4.64. The van der Waals surface area contributed by atoms with E-state index in [1.165, 1.54) is 16.7 Å². The Bertz CT molecular complexity index is 526. The van der Waals surface area contributed by atoms with Gasteiger partial charge in [0, 0.05) is 5.54 Å². The minimum absolute atomic E-state index is 0.107. The van der Waals surface area contributed by atoms with E-state index in [1.807, 2.05) is 0 Å². The van der Waals surface area contributed by atoms with Crippen molar-refractivity contribution in [3.05, 3.63) is 23.8 Å². The summed E-state index contributed by atoms with van der Waals surface area (Å²) >= 11 is 3.38. The molecule has 1 aromatic heterocycles. The molecule has 1 heterocycles. The predicted molar refractivity (Wildman–Crippen MR) is 82.4 cm³/mol. The maximum atomic E-state index is 4.68. The second-order valence-electron chi connectivity index (χ2n) is 5.49. The first-order valence-corrected chi connectivity index (χ1v) is 7.95. The average Bonchev–Trinajstić information content (AvgIpc) is 2.68. The molecule has 1 N–H and O–H groups in total. The van der Waals surface area contributed by atoms with Crippen molar-refractivity contribution in [2.24, 2.45) is 0 Å². The monoisotopic (exact) mass is 280 g/mol. The Morgan fingerprint density at radius 2 is 2.11 bits per heavy atom. The van der Waals surface area contributed by atoms with E-state index in [4.69, 9.17) is 0 Å². The maximum absolute atomic E-state index is 4.68. The summed E-state index contributed by atoms with van der Waals surface area (Å²) in [6.07, 6.45) is 2.32. The Morgan fingerprint density at radius 3 is 2.78 bits per heavy atom. The van der Waals surface area contributed by atoms with Gasteiger partial charge in [0.25, 0.3) is 0 Å². The van der Waals surface area contributed by atoms with Crippen LogP contribution in [0.2, 0.25) is 0 Å². The van der Waals surface area contributed by atoms with E-state index in [9.17, 15) is 0 Å². The molecule has 0 bridgehead atoms. The molecule has 0 amide bonds. The SMILES string of the molecule is CCCc1ccc2sc(SNC(C)(C)C)nc2c1. The van der Waals surface area contributed by atoms with E-state index in [2.05, 4.69) is 55.6 Å². The third kappa shape index (κ3) is 3.70. The molecular formula is C14H20N2S2. The zero-order chi connectivity index (χ0) is 13.2. The molecule has 0 atom stereocenters. The second-order valence-corrected chi connectivity index (χ2v) is 7.57. The van der Waals surface area contributed by atoms with Crippen molar-refractivity contribution < 1.29 is 0 Å². The van der Waals surface area contributed by atoms with Crippen LogP contribution >= 0.6 is 23.3 Å². The van der Waals surface area contributed by atoms with Gasteiger partial charge in [-0.3, -0.25) is 4.72 Å². The summed E-state index contributed by atoms with van der Waals surface area (Å²) in [5, 5.41) is 0. The van der Waals surface area contributed by atoms with Gasteiger partial charge >= 0.3 is 0 Å². The first-order chi connectivity index (χ1) is 8.48. The number of rotatable bonds is 4. The fourth-order valence-electron chi connectivity index (χ4n) is 1.64. The highest BCUT2D eigenvalue weighted by atomic mass is 32.2. The van der Waals surface area contributed by atoms with Crippen molar-refractivity contribution >= 4 is 33.5 Å². The van der Waals surface area contributed by atoms with Gasteiger partial charge in [-0.1, -0.05) is 19.4 Å². The lowest BCUT2D eigenvalue weighted by Crippen LogP contribution is -2.29. The van der Waals surface area contributed by atoms with Crippen molar-refractivity contribution in [1.82, 2.24) is 9.71 Å². The summed E-state index contributed by atoms with van der Waals surface area (Å²) in [7, 11) is 0. The molecular weight excluding hydrogens is 260 g/mol. The van der Waals surface area contributed by atoms with E-state index in [0.29, 0.717) is 0 Å². The van der Waals surface area contributed by atoms with Gasteiger partial charge in [0.15, 0.2) is 4.34 Å². The summed E-state index contributed by atoms with van der Waals surface area (Å²) in [5.74, 6) is 0. The normalized spacial score (nSPS) is 12.2. The molecule has 0 unspecified atom stereocenters. The molecule has 0 spiro atoms. The number of fused-ring (bicyclic) bond motifs is 1. The first kappa shape index (κ1) is 13.8. The van der Waals surface area contributed by atoms with Gasteiger partial charge in [-0.15, -0.1) is 11.3 Å². The molecule has 0 fully saturated rings.